The van der Waals surface area contributed by atoms with E-state index in [0.29, 0.717) is 19.3 Å². The molecule has 0 aliphatic heterocycles. The van der Waals surface area contributed by atoms with Crippen molar-refractivity contribution in [2.24, 2.45) is 5.41 Å². The number of halogens is 3. The van der Waals surface area contributed by atoms with Crippen LogP contribution in [0.15, 0.2) is 54.2 Å². The molecule has 0 bridgehead atoms. The van der Waals surface area contributed by atoms with Crippen LogP contribution in [0, 0.1) is 34.7 Å². The van der Waals surface area contributed by atoms with Crippen molar-refractivity contribution in [2.75, 3.05) is 0 Å². The molecule has 1 heterocycles. The number of hydrogen-bond acceptors (Lipinski definition) is 2. The standard InChI is InChI=1S/C25H19F3N2O/c1-24-14-17-15-29-30(21-6-4-19(26)5-7-21)23(17)12-18(24)9-11-25(24,31)10-8-16-2-3-20(27)13-22(16)28/h2-7,12-13,15,31H,9,11,14H2,1H3/t24-,25-/m0/s1. The van der Waals surface area contributed by atoms with Crippen LogP contribution in [0.2, 0.25) is 0 Å². The Labute approximate surface area is 177 Å². The summed E-state index contributed by atoms with van der Waals surface area (Å²) in [5.74, 6) is 3.87. The van der Waals surface area contributed by atoms with Crippen LogP contribution in [0.3, 0.4) is 0 Å². The molecule has 31 heavy (non-hydrogen) atoms. The van der Waals surface area contributed by atoms with Crippen LogP contribution in [0.1, 0.15) is 36.6 Å². The molecule has 1 aromatic heterocycles. The van der Waals surface area contributed by atoms with Crippen molar-refractivity contribution < 1.29 is 18.3 Å². The minimum Gasteiger partial charge on any atom is -0.377 e. The van der Waals surface area contributed by atoms with Crippen LogP contribution in [0.5, 0.6) is 0 Å². The molecular weight excluding hydrogens is 401 g/mol. The lowest BCUT2D eigenvalue weighted by molar-refractivity contribution is 0.0153. The molecule has 3 nitrogen and oxygen atoms in total. The van der Waals surface area contributed by atoms with Gasteiger partial charge in [0.25, 0.3) is 0 Å². The van der Waals surface area contributed by atoms with Gasteiger partial charge in [0.05, 0.1) is 23.1 Å². The number of benzene rings is 2. The minimum atomic E-state index is -1.35. The van der Waals surface area contributed by atoms with E-state index < -0.39 is 22.7 Å². The first-order chi connectivity index (χ1) is 14.8. The van der Waals surface area contributed by atoms with E-state index in [4.69, 9.17) is 0 Å². The molecule has 0 amide bonds. The lowest BCUT2D eigenvalue weighted by Gasteiger charge is -2.39. The maximum Gasteiger partial charge on any atom is 0.141 e. The second kappa shape index (κ2) is 6.86. The highest BCUT2D eigenvalue weighted by Crippen LogP contribution is 2.55. The van der Waals surface area contributed by atoms with Gasteiger partial charge in [-0.05, 0) is 67.3 Å². The van der Waals surface area contributed by atoms with Gasteiger partial charge < -0.3 is 5.11 Å². The Balaban J connectivity index is 1.52. The molecule has 2 aliphatic carbocycles. The number of nitrogens with zero attached hydrogens (tertiary/aromatic N) is 2. The third-order valence-electron chi connectivity index (χ3n) is 6.53. The third-order valence-corrected chi connectivity index (χ3v) is 6.53. The summed E-state index contributed by atoms with van der Waals surface area (Å²) in [7, 11) is 0. The van der Waals surface area contributed by atoms with Gasteiger partial charge in [-0.3, -0.25) is 0 Å². The first-order valence-corrected chi connectivity index (χ1v) is 10.0. The summed E-state index contributed by atoms with van der Waals surface area (Å²) in [6.45, 7) is 1.96. The zero-order chi connectivity index (χ0) is 21.8. The number of aromatic nitrogens is 2. The summed E-state index contributed by atoms with van der Waals surface area (Å²) >= 11 is 0. The molecule has 5 rings (SSSR count). The second-order valence-electron chi connectivity index (χ2n) is 8.36. The maximum atomic E-state index is 14.0. The average Bonchev–Trinajstić information content (AvgIpc) is 3.24. The topological polar surface area (TPSA) is 38.0 Å². The Morgan fingerprint density at radius 1 is 1.06 bits per heavy atom. The molecule has 1 N–H and O–H groups in total. The number of rotatable bonds is 1. The molecule has 2 aromatic carbocycles. The van der Waals surface area contributed by atoms with Crippen molar-refractivity contribution in [3.8, 4) is 17.5 Å². The van der Waals surface area contributed by atoms with Gasteiger partial charge in [-0.15, -0.1) is 0 Å². The summed E-state index contributed by atoms with van der Waals surface area (Å²) in [6, 6.07) is 9.33. The molecule has 0 saturated heterocycles. The Bertz CT molecular complexity index is 1280. The number of fused-ring (bicyclic) bond motifs is 2. The fourth-order valence-electron chi connectivity index (χ4n) is 4.60. The SMILES string of the molecule is C[C@]12Cc3cnn(-c4ccc(F)cc4)c3C=C1CC[C@@]2(O)C#Cc1ccc(F)cc1F. The van der Waals surface area contributed by atoms with Crippen LogP contribution < -0.4 is 0 Å². The molecule has 2 atom stereocenters. The first-order valence-electron chi connectivity index (χ1n) is 10.0. The summed E-state index contributed by atoms with van der Waals surface area (Å²) < 4.78 is 42.2. The second-order valence-corrected chi connectivity index (χ2v) is 8.36. The van der Waals surface area contributed by atoms with E-state index in [9.17, 15) is 18.3 Å². The summed E-state index contributed by atoms with van der Waals surface area (Å²) in [6.07, 6.45) is 5.35. The monoisotopic (exact) mass is 420 g/mol. The van der Waals surface area contributed by atoms with Gasteiger partial charge in [-0.25, -0.2) is 17.9 Å². The van der Waals surface area contributed by atoms with E-state index in [0.717, 1.165) is 34.7 Å². The van der Waals surface area contributed by atoms with Gasteiger partial charge in [0, 0.05) is 11.5 Å². The normalized spacial score (nSPS) is 24.1. The van der Waals surface area contributed by atoms with Crippen molar-refractivity contribution in [1.29, 1.82) is 0 Å². The molecule has 0 unspecified atom stereocenters. The van der Waals surface area contributed by atoms with Crippen LogP contribution in [-0.4, -0.2) is 20.5 Å². The molecule has 156 valence electrons. The Kier molecular flexibility index (Phi) is 4.35. The smallest absolute Gasteiger partial charge is 0.141 e. The largest absolute Gasteiger partial charge is 0.377 e. The predicted octanol–water partition coefficient (Wildman–Crippen LogP) is 4.81. The molecule has 0 spiro atoms. The molecule has 6 heteroatoms. The van der Waals surface area contributed by atoms with Crippen molar-refractivity contribution in [3.05, 3.63) is 88.5 Å². The predicted molar refractivity (Wildman–Crippen MR) is 111 cm³/mol. The van der Waals surface area contributed by atoms with Crippen LogP contribution >= 0.6 is 0 Å². The van der Waals surface area contributed by atoms with Crippen molar-refractivity contribution in [2.45, 2.75) is 31.8 Å². The molecule has 1 saturated carbocycles. The van der Waals surface area contributed by atoms with Gasteiger partial charge in [-0.1, -0.05) is 24.3 Å². The highest BCUT2D eigenvalue weighted by Gasteiger charge is 2.54. The lowest BCUT2D eigenvalue weighted by Crippen LogP contribution is -2.44. The van der Waals surface area contributed by atoms with E-state index in [1.165, 1.54) is 18.2 Å². The maximum absolute atomic E-state index is 14.0. The fourth-order valence-corrected chi connectivity index (χ4v) is 4.60. The molecule has 1 fully saturated rings. The average molecular weight is 420 g/mol. The molecule has 0 radical (unpaired) electrons. The van der Waals surface area contributed by atoms with E-state index in [1.807, 2.05) is 13.0 Å². The van der Waals surface area contributed by atoms with Crippen LogP contribution in [0.4, 0.5) is 13.2 Å². The molecule has 2 aliphatic rings. The van der Waals surface area contributed by atoms with Gasteiger partial charge in [0.15, 0.2) is 0 Å². The van der Waals surface area contributed by atoms with Crippen molar-refractivity contribution >= 4 is 6.08 Å². The van der Waals surface area contributed by atoms with Gasteiger partial charge >= 0.3 is 0 Å². The summed E-state index contributed by atoms with van der Waals surface area (Å²) in [4.78, 5) is 0. The quantitative estimate of drug-likeness (QED) is 0.574. The van der Waals surface area contributed by atoms with Crippen molar-refractivity contribution in [3.63, 3.8) is 0 Å². The number of hydrogen-bond donors (Lipinski definition) is 1. The van der Waals surface area contributed by atoms with E-state index in [1.54, 1.807) is 23.0 Å². The molecule has 3 aromatic rings. The summed E-state index contributed by atoms with van der Waals surface area (Å²) in [5, 5.41) is 15.9. The highest BCUT2D eigenvalue weighted by molar-refractivity contribution is 5.63. The van der Waals surface area contributed by atoms with E-state index in [2.05, 4.69) is 16.9 Å². The Morgan fingerprint density at radius 2 is 1.81 bits per heavy atom. The zero-order valence-corrected chi connectivity index (χ0v) is 16.8. The highest BCUT2D eigenvalue weighted by atomic mass is 19.1. The first kappa shape index (κ1) is 19.7. The third kappa shape index (κ3) is 3.08. The Morgan fingerprint density at radius 3 is 2.55 bits per heavy atom. The summed E-state index contributed by atoms with van der Waals surface area (Å²) in [5.41, 5.74) is 1.70. The van der Waals surface area contributed by atoms with E-state index in [-0.39, 0.29) is 11.4 Å². The van der Waals surface area contributed by atoms with Crippen molar-refractivity contribution in [1.82, 2.24) is 9.78 Å². The number of aliphatic hydroxyl groups is 1. The molecular formula is C25H19F3N2O. The van der Waals surface area contributed by atoms with Gasteiger partial charge in [-0.2, -0.15) is 5.10 Å². The van der Waals surface area contributed by atoms with E-state index >= 15 is 0 Å². The zero-order valence-electron chi connectivity index (χ0n) is 16.8. The lowest BCUT2D eigenvalue weighted by atomic mass is 9.67. The van der Waals surface area contributed by atoms with Crippen LogP contribution in [0.25, 0.3) is 11.8 Å². The van der Waals surface area contributed by atoms with Gasteiger partial charge in [0.1, 0.15) is 23.1 Å². The fraction of sp³-hybridized carbons (Fsp3) is 0.240. The minimum absolute atomic E-state index is 0.0523. The Hall–Kier alpha value is -3.30. The van der Waals surface area contributed by atoms with Gasteiger partial charge in [0.2, 0.25) is 0 Å². The van der Waals surface area contributed by atoms with Crippen LogP contribution in [-0.2, 0) is 6.42 Å².